The number of carboxylic acid groups (broad SMARTS) is 1. The minimum atomic E-state index is -1.05. The molecule has 0 spiro atoms. The quantitative estimate of drug-likeness (QED) is 0.779. The second-order valence-electron chi connectivity index (χ2n) is 6.69. The first-order valence-corrected chi connectivity index (χ1v) is 8.94. The third kappa shape index (κ3) is 4.22. The summed E-state index contributed by atoms with van der Waals surface area (Å²) < 4.78 is 10.5. The summed E-state index contributed by atoms with van der Waals surface area (Å²) in [7, 11) is 1.61. The van der Waals surface area contributed by atoms with Crippen LogP contribution < -0.4 is 14.8 Å². The first kappa shape index (κ1) is 18.8. The zero-order valence-electron chi connectivity index (χ0n) is 15.2. The van der Waals surface area contributed by atoms with Gasteiger partial charge in [0.2, 0.25) is 5.91 Å². The molecule has 142 valence electrons. The zero-order valence-corrected chi connectivity index (χ0v) is 15.2. The minimum Gasteiger partial charge on any atom is -0.497 e. The summed E-state index contributed by atoms with van der Waals surface area (Å²) in [5.41, 5.74) is 0.944. The zero-order chi connectivity index (χ0) is 19.3. The van der Waals surface area contributed by atoms with Crippen molar-refractivity contribution < 1.29 is 24.2 Å². The molecule has 0 radical (unpaired) electrons. The van der Waals surface area contributed by atoms with Crippen LogP contribution in [-0.4, -0.2) is 30.7 Å². The van der Waals surface area contributed by atoms with Crippen molar-refractivity contribution in [3.63, 3.8) is 0 Å². The summed E-state index contributed by atoms with van der Waals surface area (Å²) in [6.45, 7) is -0.425. The Labute approximate surface area is 158 Å². The summed E-state index contributed by atoms with van der Waals surface area (Å²) >= 11 is 0. The first-order chi connectivity index (χ1) is 13.0. The number of amides is 1. The van der Waals surface area contributed by atoms with Crippen LogP contribution >= 0.6 is 0 Å². The van der Waals surface area contributed by atoms with E-state index >= 15 is 0 Å². The number of methoxy groups -OCH3 is 1. The van der Waals surface area contributed by atoms with Crippen molar-refractivity contribution in [3.8, 4) is 11.5 Å². The Bertz CT molecular complexity index is 827. The van der Waals surface area contributed by atoms with Crippen LogP contribution in [0.4, 0.5) is 5.69 Å². The monoisotopic (exact) mass is 369 g/mol. The molecule has 6 nitrogen and oxygen atoms in total. The number of anilines is 1. The molecule has 1 amide bonds. The van der Waals surface area contributed by atoms with Crippen molar-refractivity contribution in [2.45, 2.75) is 31.1 Å². The maximum Gasteiger partial charge on any atom is 0.341 e. The summed E-state index contributed by atoms with van der Waals surface area (Å²) in [5.74, 6) is 0.0173. The molecule has 0 aromatic heterocycles. The fourth-order valence-corrected chi connectivity index (χ4v) is 3.61. The van der Waals surface area contributed by atoms with Crippen molar-refractivity contribution in [1.29, 1.82) is 0 Å². The van der Waals surface area contributed by atoms with E-state index in [4.69, 9.17) is 14.6 Å². The molecule has 3 rings (SSSR count). The Morgan fingerprint density at radius 2 is 1.78 bits per heavy atom. The highest BCUT2D eigenvalue weighted by atomic mass is 16.5. The highest BCUT2D eigenvalue weighted by Crippen LogP contribution is 2.43. The van der Waals surface area contributed by atoms with Gasteiger partial charge in [0, 0.05) is 11.8 Å². The molecule has 0 atom stereocenters. The number of hydrogen-bond acceptors (Lipinski definition) is 4. The van der Waals surface area contributed by atoms with Gasteiger partial charge in [0.1, 0.15) is 11.5 Å². The smallest absolute Gasteiger partial charge is 0.341 e. The Kier molecular flexibility index (Phi) is 5.64. The lowest BCUT2D eigenvalue weighted by molar-refractivity contribution is -0.139. The molecule has 0 heterocycles. The van der Waals surface area contributed by atoms with Crippen molar-refractivity contribution >= 4 is 17.6 Å². The number of carboxylic acids is 1. The lowest BCUT2D eigenvalue weighted by Crippen LogP contribution is -2.38. The van der Waals surface area contributed by atoms with E-state index in [-0.39, 0.29) is 5.91 Å². The van der Waals surface area contributed by atoms with Crippen LogP contribution in [0.2, 0.25) is 0 Å². The Balaban J connectivity index is 1.82. The van der Waals surface area contributed by atoms with Crippen molar-refractivity contribution in [3.05, 3.63) is 54.1 Å². The van der Waals surface area contributed by atoms with Gasteiger partial charge in [0.25, 0.3) is 0 Å². The lowest BCUT2D eigenvalue weighted by atomic mass is 9.78. The van der Waals surface area contributed by atoms with Gasteiger partial charge in [-0.3, -0.25) is 4.79 Å². The van der Waals surface area contributed by atoms with Crippen LogP contribution in [0.3, 0.4) is 0 Å². The molecule has 2 N–H and O–H groups in total. The summed E-state index contributed by atoms with van der Waals surface area (Å²) in [5, 5.41) is 11.7. The maximum absolute atomic E-state index is 13.2. The van der Waals surface area contributed by atoms with Crippen LogP contribution in [0.15, 0.2) is 48.5 Å². The van der Waals surface area contributed by atoms with Gasteiger partial charge in [0.15, 0.2) is 6.61 Å². The number of rotatable bonds is 7. The molecular weight excluding hydrogens is 346 g/mol. The van der Waals surface area contributed by atoms with Crippen LogP contribution in [0.5, 0.6) is 11.5 Å². The Hall–Kier alpha value is -3.02. The second-order valence-corrected chi connectivity index (χ2v) is 6.69. The molecule has 1 aliphatic carbocycles. The number of carbonyl (C=O) groups excluding carboxylic acids is 1. The molecule has 2 aromatic carbocycles. The van der Waals surface area contributed by atoms with E-state index in [1.54, 1.807) is 31.4 Å². The number of carbonyl (C=O) groups is 2. The lowest BCUT2D eigenvalue weighted by Gasteiger charge is -2.28. The molecule has 0 saturated heterocycles. The largest absolute Gasteiger partial charge is 0.497 e. The highest BCUT2D eigenvalue weighted by molar-refractivity contribution is 5.99. The van der Waals surface area contributed by atoms with E-state index in [0.717, 1.165) is 37.0 Å². The van der Waals surface area contributed by atoms with Gasteiger partial charge in [-0.25, -0.2) is 4.79 Å². The Morgan fingerprint density at radius 1 is 1.07 bits per heavy atom. The van der Waals surface area contributed by atoms with Gasteiger partial charge in [-0.1, -0.05) is 31.0 Å². The number of nitrogens with one attached hydrogen (secondary N) is 1. The number of ether oxygens (including phenoxy) is 2. The molecular formula is C21H23NO5. The number of benzene rings is 2. The average molecular weight is 369 g/mol. The fourth-order valence-electron chi connectivity index (χ4n) is 3.61. The predicted molar refractivity (Wildman–Crippen MR) is 101 cm³/mol. The maximum atomic E-state index is 13.2. The second kappa shape index (κ2) is 8.12. The van der Waals surface area contributed by atoms with Gasteiger partial charge in [0.05, 0.1) is 12.5 Å². The molecule has 0 unspecified atom stereocenters. The van der Waals surface area contributed by atoms with Gasteiger partial charge >= 0.3 is 5.97 Å². The average Bonchev–Trinajstić information content (AvgIpc) is 3.18. The molecule has 1 fully saturated rings. The van der Waals surface area contributed by atoms with Crippen LogP contribution in [0.1, 0.15) is 31.2 Å². The molecule has 0 aliphatic heterocycles. The fraction of sp³-hybridized carbons (Fsp3) is 0.333. The predicted octanol–water partition coefficient (Wildman–Crippen LogP) is 3.61. The third-order valence-electron chi connectivity index (χ3n) is 4.97. The van der Waals surface area contributed by atoms with Gasteiger partial charge in [-0.05, 0) is 42.7 Å². The van der Waals surface area contributed by atoms with E-state index < -0.39 is 18.0 Å². The van der Waals surface area contributed by atoms with Crippen molar-refractivity contribution in [2.24, 2.45) is 0 Å². The van der Waals surface area contributed by atoms with E-state index in [9.17, 15) is 9.59 Å². The molecule has 1 saturated carbocycles. The topological polar surface area (TPSA) is 84.9 Å². The van der Waals surface area contributed by atoms with Gasteiger partial charge < -0.3 is 19.9 Å². The van der Waals surface area contributed by atoms with Crippen LogP contribution in [0.25, 0.3) is 0 Å². The van der Waals surface area contributed by atoms with Gasteiger partial charge in [-0.15, -0.1) is 0 Å². The molecule has 0 bridgehead atoms. The van der Waals surface area contributed by atoms with Crippen molar-refractivity contribution in [1.82, 2.24) is 0 Å². The minimum absolute atomic E-state index is 0.0661. The van der Waals surface area contributed by atoms with E-state index in [0.29, 0.717) is 11.4 Å². The van der Waals surface area contributed by atoms with E-state index in [2.05, 4.69) is 5.32 Å². The normalized spacial score (nSPS) is 15.1. The summed E-state index contributed by atoms with van der Waals surface area (Å²) in [6.07, 6.45) is 3.54. The van der Waals surface area contributed by atoms with E-state index in [1.807, 2.05) is 24.3 Å². The molecule has 27 heavy (non-hydrogen) atoms. The summed E-state index contributed by atoms with van der Waals surface area (Å²) in [6, 6.07) is 14.5. The molecule has 6 heteroatoms. The van der Waals surface area contributed by atoms with Crippen molar-refractivity contribution in [2.75, 3.05) is 19.0 Å². The number of hydrogen-bond donors (Lipinski definition) is 2. The van der Waals surface area contributed by atoms with E-state index in [1.165, 1.54) is 0 Å². The third-order valence-corrected chi connectivity index (χ3v) is 4.97. The first-order valence-electron chi connectivity index (χ1n) is 8.94. The SMILES string of the molecule is COc1cccc(C2(C(=O)Nc3cccc(OCC(=O)O)c3)CCCC2)c1. The number of aliphatic carboxylic acids is 1. The van der Waals surface area contributed by atoms with Crippen LogP contribution in [-0.2, 0) is 15.0 Å². The molecule has 2 aromatic rings. The Morgan fingerprint density at radius 3 is 2.48 bits per heavy atom. The van der Waals surface area contributed by atoms with Gasteiger partial charge in [-0.2, -0.15) is 0 Å². The molecule has 1 aliphatic rings. The highest BCUT2D eigenvalue weighted by Gasteiger charge is 2.42. The van der Waals surface area contributed by atoms with Crippen LogP contribution in [0, 0.1) is 0 Å². The standard InChI is InChI=1S/C21H23NO5/c1-26-17-8-4-6-15(12-17)21(10-2-3-11-21)20(25)22-16-7-5-9-18(13-16)27-14-19(23)24/h4-9,12-13H,2-3,10-11,14H2,1H3,(H,22,25)(H,23,24). The summed E-state index contributed by atoms with van der Waals surface area (Å²) in [4.78, 5) is 23.9.